The van der Waals surface area contributed by atoms with Crippen molar-refractivity contribution in [3.05, 3.63) is 52.1 Å². The lowest BCUT2D eigenvalue weighted by Gasteiger charge is -2.20. The Hall–Kier alpha value is -1.45. The number of anilines is 1. The molecule has 0 amide bonds. The van der Waals surface area contributed by atoms with Gasteiger partial charge in [-0.15, -0.1) is 0 Å². The summed E-state index contributed by atoms with van der Waals surface area (Å²) in [6.45, 7) is 4.64. The number of benzene rings is 1. The molecule has 1 aromatic heterocycles. The normalized spacial score (nSPS) is 12.0. The van der Waals surface area contributed by atoms with E-state index in [0.717, 1.165) is 17.7 Å². The molecule has 0 spiro atoms. The monoisotopic (exact) mass is 324 g/mol. The van der Waals surface area contributed by atoms with Crippen molar-refractivity contribution in [1.29, 1.82) is 0 Å². The van der Waals surface area contributed by atoms with E-state index in [-0.39, 0.29) is 6.04 Å². The second-order valence-electron chi connectivity index (χ2n) is 4.59. The van der Waals surface area contributed by atoms with Crippen molar-refractivity contribution in [2.24, 2.45) is 0 Å². The summed E-state index contributed by atoms with van der Waals surface area (Å²) in [5, 5.41) is 4.74. The Morgan fingerprint density at radius 1 is 1.19 bits per heavy atom. The van der Waals surface area contributed by atoms with Gasteiger partial charge in [-0.05, 0) is 37.1 Å². The highest BCUT2D eigenvalue weighted by Gasteiger charge is 2.13. The number of aromatic nitrogens is 1. The smallest absolute Gasteiger partial charge is 0.213 e. The van der Waals surface area contributed by atoms with Crippen molar-refractivity contribution in [3.8, 4) is 5.88 Å². The number of halogens is 2. The second-order valence-corrected chi connectivity index (χ2v) is 5.43. The van der Waals surface area contributed by atoms with Gasteiger partial charge in [0.1, 0.15) is 0 Å². The van der Waals surface area contributed by atoms with Crippen LogP contribution in [0.2, 0.25) is 10.0 Å². The molecular formula is C16H18Cl2N2O. The van der Waals surface area contributed by atoms with Gasteiger partial charge in [0.25, 0.3) is 0 Å². The molecule has 1 N–H and O–H groups in total. The Bertz CT molecular complexity index is 587. The van der Waals surface area contributed by atoms with Gasteiger partial charge in [-0.25, -0.2) is 4.98 Å². The lowest BCUT2D eigenvalue weighted by molar-refractivity contribution is 0.327. The van der Waals surface area contributed by atoms with Crippen molar-refractivity contribution in [2.75, 3.05) is 11.9 Å². The predicted molar refractivity (Wildman–Crippen MR) is 88.5 cm³/mol. The third kappa shape index (κ3) is 4.26. The Morgan fingerprint density at radius 3 is 2.57 bits per heavy atom. The Morgan fingerprint density at radius 2 is 2.00 bits per heavy atom. The quantitative estimate of drug-likeness (QED) is 0.777. The molecule has 0 fully saturated rings. The number of hydrogen-bond donors (Lipinski definition) is 1. The zero-order valence-electron chi connectivity index (χ0n) is 12.1. The number of rotatable bonds is 6. The van der Waals surface area contributed by atoms with Gasteiger partial charge in [0.15, 0.2) is 0 Å². The highest BCUT2D eigenvalue weighted by Crippen LogP contribution is 2.30. The van der Waals surface area contributed by atoms with Gasteiger partial charge in [-0.2, -0.15) is 0 Å². The Balaban J connectivity index is 2.14. The Kier molecular flexibility index (Phi) is 5.71. The van der Waals surface area contributed by atoms with Crippen molar-refractivity contribution < 1.29 is 4.74 Å². The molecule has 1 atom stereocenters. The maximum absolute atomic E-state index is 6.28. The van der Waals surface area contributed by atoms with E-state index in [1.807, 2.05) is 31.2 Å². The van der Waals surface area contributed by atoms with Gasteiger partial charge in [-0.3, -0.25) is 0 Å². The summed E-state index contributed by atoms with van der Waals surface area (Å²) >= 11 is 12.2. The van der Waals surface area contributed by atoms with Crippen LogP contribution in [0.15, 0.2) is 36.5 Å². The van der Waals surface area contributed by atoms with E-state index in [0.29, 0.717) is 22.5 Å². The molecule has 0 aliphatic rings. The first-order valence-corrected chi connectivity index (χ1v) is 7.70. The molecule has 0 radical (unpaired) electrons. The summed E-state index contributed by atoms with van der Waals surface area (Å²) in [4.78, 5) is 4.25. The summed E-state index contributed by atoms with van der Waals surface area (Å²) < 4.78 is 5.33. The van der Waals surface area contributed by atoms with Crippen LogP contribution in [0, 0.1) is 0 Å². The predicted octanol–water partition coefficient (Wildman–Crippen LogP) is 5.35. The van der Waals surface area contributed by atoms with E-state index in [4.69, 9.17) is 27.9 Å². The molecule has 5 heteroatoms. The summed E-state index contributed by atoms with van der Waals surface area (Å²) in [5.41, 5.74) is 1.95. The topological polar surface area (TPSA) is 34.1 Å². The number of hydrogen-bond acceptors (Lipinski definition) is 3. The summed E-state index contributed by atoms with van der Waals surface area (Å²) in [6.07, 6.45) is 2.66. The van der Waals surface area contributed by atoms with Crippen LogP contribution in [0.5, 0.6) is 5.88 Å². The fraction of sp³-hybridized carbons (Fsp3) is 0.312. The van der Waals surface area contributed by atoms with Crippen molar-refractivity contribution >= 4 is 28.9 Å². The molecule has 0 aliphatic carbocycles. The minimum atomic E-state index is 0.106. The maximum atomic E-state index is 6.28. The second kappa shape index (κ2) is 7.53. The first-order chi connectivity index (χ1) is 10.1. The lowest BCUT2D eigenvalue weighted by atomic mass is 10.0. The van der Waals surface area contributed by atoms with Crippen LogP contribution in [-0.4, -0.2) is 11.6 Å². The summed E-state index contributed by atoms with van der Waals surface area (Å²) in [5.74, 6) is 0.626. The highest BCUT2D eigenvalue weighted by atomic mass is 35.5. The third-order valence-corrected chi connectivity index (χ3v) is 3.68. The first kappa shape index (κ1) is 15.9. The van der Waals surface area contributed by atoms with Crippen LogP contribution in [0.4, 0.5) is 5.69 Å². The molecule has 0 bridgehead atoms. The van der Waals surface area contributed by atoms with Crippen LogP contribution in [-0.2, 0) is 0 Å². The molecule has 0 aliphatic heterocycles. The van der Waals surface area contributed by atoms with E-state index < -0.39 is 0 Å². The van der Waals surface area contributed by atoms with Crippen LogP contribution >= 0.6 is 23.2 Å². The summed E-state index contributed by atoms with van der Waals surface area (Å²) in [7, 11) is 0. The third-order valence-electron chi connectivity index (χ3n) is 3.12. The van der Waals surface area contributed by atoms with Crippen LogP contribution in [0.25, 0.3) is 0 Å². The molecule has 0 saturated heterocycles. The molecule has 0 saturated carbocycles. The maximum Gasteiger partial charge on any atom is 0.213 e. The van der Waals surface area contributed by atoms with Gasteiger partial charge < -0.3 is 10.1 Å². The molecule has 2 rings (SSSR count). The lowest BCUT2D eigenvalue weighted by Crippen LogP contribution is -2.10. The van der Waals surface area contributed by atoms with E-state index in [2.05, 4.69) is 17.2 Å². The standard InChI is InChI=1S/C16H18Cl2N2O/c1-3-15(13-7-5-11(17)9-14(13)18)20-12-6-8-16(19-10-12)21-4-2/h5-10,15,20H,3-4H2,1-2H3. The summed E-state index contributed by atoms with van der Waals surface area (Å²) in [6, 6.07) is 9.47. The average molecular weight is 325 g/mol. The average Bonchev–Trinajstić information content (AvgIpc) is 2.47. The van der Waals surface area contributed by atoms with Crippen LogP contribution in [0.1, 0.15) is 31.9 Å². The zero-order valence-corrected chi connectivity index (χ0v) is 13.6. The van der Waals surface area contributed by atoms with Gasteiger partial charge in [0.2, 0.25) is 5.88 Å². The molecule has 2 aromatic rings. The minimum Gasteiger partial charge on any atom is -0.478 e. The van der Waals surface area contributed by atoms with E-state index in [9.17, 15) is 0 Å². The highest BCUT2D eigenvalue weighted by molar-refractivity contribution is 6.35. The van der Waals surface area contributed by atoms with Gasteiger partial charge in [0.05, 0.1) is 24.5 Å². The zero-order chi connectivity index (χ0) is 15.2. The van der Waals surface area contributed by atoms with Gasteiger partial charge in [-0.1, -0.05) is 36.2 Å². The largest absolute Gasteiger partial charge is 0.478 e. The van der Waals surface area contributed by atoms with E-state index in [1.54, 1.807) is 12.3 Å². The molecular weight excluding hydrogens is 307 g/mol. The first-order valence-electron chi connectivity index (χ1n) is 6.94. The number of nitrogens with one attached hydrogen (secondary N) is 1. The molecule has 1 unspecified atom stereocenters. The molecule has 1 aromatic carbocycles. The van der Waals surface area contributed by atoms with Crippen molar-refractivity contribution in [1.82, 2.24) is 4.98 Å². The molecule has 21 heavy (non-hydrogen) atoms. The molecule has 3 nitrogen and oxygen atoms in total. The number of pyridine rings is 1. The van der Waals surface area contributed by atoms with Crippen molar-refractivity contribution in [3.63, 3.8) is 0 Å². The van der Waals surface area contributed by atoms with Gasteiger partial charge in [0, 0.05) is 16.1 Å². The SMILES string of the molecule is CCOc1ccc(NC(CC)c2ccc(Cl)cc2Cl)cn1. The number of nitrogens with zero attached hydrogens (tertiary/aromatic N) is 1. The fourth-order valence-corrected chi connectivity index (χ4v) is 2.62. The molecule has 112 valence electrons. The van der Waals surface area contributed by atoms with Crippen LogP contribution < -0.4 is 10.1 Å². The number of ether oxygens (including phenoxy) is 1. The van der Waals surface area contributed by atoms with E-state index in [1.165, 1.54) is 0 Å². The van der Waals surface area contributed by atoms with E-state index >= 15 is 0 Å². The Labute approximate surface area is 135 Å². The molecule has 1 heterocycles. The fourth-order valence-electron chi connectivity index (χ4n) is 2.08. The van der Waals surface area contributed by atoms with Gasteiger partial charge >= 0.3 is 0 Å². The van der Waals surface area contributed by atoms with Crippen molar-refractivity contribution in [2.45, 2.75) is 26.3 Å². The van der Waals surface area contributed by atoms with Crippen LogP contribution in [0.3, 0.4) is 0 Å². The minimum absolute atomic E-state index is 0.106.